The Labute approximate surface area is 119 Å². The second-order valence-electron chi connectivity index (χ2n) is 5.42. The number of nitrogen functional groups attached to an aromatic ring is 1. The molecular formula is C16H20N4. The monoisotopic (exact) mass is 268 g/mol. The number of nitrogens with two attached hydrogens (primary N) is 1. The Hall–Kier alpha value is -2.10. The Balaban J connectivity index is 1.87. The van der Waals surface area contributed by atoms with Crippen LogP contribution in [-0.4, -0.2) is 14.8 Å². The van der Waals surface area contributed by atoms with Crippen LogP contribution in [0.15, 0.2) is 24.3 Å². The summed E-state index contributed by atoms with van der Waals surface area (Å²) in [5.74, 6) is 1.95. The van der Waals surface area contributed by atoms with Gasteiger partial charge in [0.1, 0.15) is 5.82 Å². The van der Waals surface area contributed by atoms with Crippen molar-refractivity contribution in [1.82, 2.24) is 14.8 Å². The van der Waals surface area contributed by atoms with Gasteiger partial charge in [0, 0.05) is 11.7 Å². The molecule has 1 aliphatic carbocycles. The van der Waals surface area contributed by atoms with E-state index in [2.05, 4.69) is 14.8 Å². The highest BCUT2D eigenvalue weighted by Gasteiger charge is 2.21. The zero-order chi connectivity index (χ0) is 13.9. The van der Waals surface area contributed by atoms with E-state index >= 15 is 0 Å². The highest BCUT2D eigenvalue weighted by Crippen LogP contribution is 2.31. The molecule has 1 aliphatic rings. The molecule has 1 fully saturated rings. The van der Waals surface area contributed by atoms with Crippen molar-refractivity contribution in [1.29, 1.82) is 0 Å². The number of nitrogens with zero attached hydrogens (tertiary/aromatic N) is 3. The molecule has 0 spiro atoms. The van der Waals surface area contributed by atoms with E-state index in [-0.39, 0.29) is 0 Å². The largest absolute Gasteiger partial charge is 0.399 e. The molecule has 0 bridgehead atoms. The average molecular weight is 268 g/mol. The van der Waals surface area contributed by atoms with E-state index in [4.69, 9.17) is 5.73 Å². The lowest BCUT2D eigenvalue weighted by molar-refractivity contribution is 0.502. The lowest BCUT2D eigenvalue weighted by Gasteiger charge is -2.14. The van der Waals surface area contributed by atoms with E-state index in [9.17, 15) is 0 Å². The quantitative estimate of drug-likeness (QED) is 0.867. The number of aryl methyl sites for hydroxylation is 1. The summed E-state index contributed by atoms with van der Waals surface area (Å²) in [4.78, 5) is 0. The SMILES string of the molecule is Cc1nnc(/C=C/c2cccc(N)c2)n1C1CCCC1. The first-order chi connectivity index (χ1) is 9.74. The van der Waals surface area contributed by atoms with Crippen molar-refractivity contribution in [2.45, 2.75) is 38.6 Å². The van der Waals surface area contributed by atoms with E-state index in [1.54, 1.807) is 0 Å². The van der Waals surface area contributed by atoms with E-state index in [0.717, 1.165) is 22.9 Å². The third-order valence-corrected chi connectivity index (χ3v) is 3.92. The van der Waals surface area contributed by atoms with Crippen LogP contribution in [-0.2, 0) is 0 Å². The summed E-state index contributed by atoms with van der Waals surface area (Å²) in [5, 5.41) is 8.52. The number of benzene rings is 1. The Morgan fingerprint density at radius 1 is 1.20 bits per heavy atom. The van der Waals surface area contributed by atoms with Gasteiger partial charge in [-0.25, -0.2) is 0 Å². The van der Waals surface area contributed by atoms with Gasteiger partial charge in [-0.3, -0.25) is 0 Å². The van der Waals surface area contributed by atoms with Crippen LogP contribution in [0.25, 0.3) is 12.2 Å². The second kappa shape index (κ2) is 5.49. The summed E-state index contributed by atoms with van der Waals surface area (Å²) in [5.41, 5.74) is 7.66. The summed E-state index contributed by atoms with van der Waals surface area (Å²) in [6.07, 6.45) is 9.16. The summed E-state index contributed by atoms with van der Waals surface area (Å²) >= 11 is 0. The highest BCUT2D eigenvalue weighted by molar-refractivity contribution is 5.68. The minimum absolute atomic E-state index is 0.561. The van der Waals surface area contributed by atoms with Crippen molar-refractivity contribution in [2.24, 2.45) is 0 Å². The van der Waals surface area contributed by atoms with Gasteiger partial charge in [-0.05, 0) is 43.5 Å². The molecule has 1 saturated carbocycles. The van der Waals surface area contributed by atoms with E-state index < -0.39 is 0 Å². The predicted octanol–water partition coefficient (Wildman–Crippen LogP) is 3.45. The second-order valence-corrected chi connectivity index (χ2v) is 5.42. The number of hydrogen-bond acceptors (Lipinski definition) is 3. The van der Waals surface area contributed by atoms with Crippen LogP contribution >= 0.6 is 0 Å². The maximum absolute atomic E-state index is 5.79. The van der Waals surface area contributed by atoms with Crippen LogP contribution in [0.5, 0.6) is 0 Å². The standard InChI is InChI=1S/C16H20N4/c1-12-18-19-16(20(12)15-7-2-3-8-15)10-9-13-5-4-6-14(17)11-13/h4-6,9-11,15H,2-3,7-8,17H2,1H3/b10-9+. The summed E-state index contributed by atoms with van der Waals surface area (Å²) in [7, 11) is 0. The minimum atomic E-state index is 0.561. The zero-order valence-electron chi connectivity index (χ0n) is 11.8. The first-order valence-electron chi connectivity index (χ1n) is 7.19. The smallest absolute Gasteiger partial charge is 0.156 e. The molecule has 1 aromatic heterocycles. The lowest BCUT2D eigenvalue weighted by Crippen LogP contribution is -2.08. The van der Waals surface area contributed by atoms with Gasteiger partial charge in [0.25, 0.3) is 0 Å². The van der Waals surface area contributed by atoms with Gasteiger partial charge in [0.15, 0.2) is 5.82 Å². The molecule has 4 nitrogen and oxygen atoms in total. The molecule has 0 atom stereocenters. The van der Waals surface area contributed by atoms with E-state index in [1.165, 1.54) is 25.7 Å². The summed E-state index contributed by atoms with van der Waals surface area (Å²) in [6, 6.07) is 8.41. The summed E-state index contributed by atoms with van der Waals surface area (Å²) < 4.78 is 2.27. The fraction of sp³-hybridized carbons (Fsp3) is 0.375. The molecule has 0 aliphatic heterocycles. The van der Waals surface area contributed by atoms with Gasteiger partial charge in [-0.15, -0.1) is 10.2 Å². The normalized spacial score (nSPS) is 16.2. The molecular weight excluding hydrogens is 248 g/mol. The van der Waals surface area contributed by atoms with Crippen molar-refractivity contribution >= 4 is 17.8 Å². The van der Waals surface area contributed by atoms with Gasteiger partial charge in [0.05, 0.1) is 0 Å². The molecule has 0 amide bonds. The topological polar surface area (TPSA) is 56.7 Å². The maximum atomic E-state index is 5.79. The van der Waals surface area contributed by atoms with Crippen LogP contribution in [0.3, 0.4) is 0 Å². The Bertz CT molecular complexity index is 621. The summed E-state index contributed by atoms with van der Waals surface area (Å²) in [6.45, 7) is 2.03. The Morgan fingerprint density at radius 2 is 2.00 bits per heavy atom. The molecule has 0 saturated heterocycles. The molecule has 2 aromatic rings. The van der Waals surface area contributed by atoms with Crippen molar-refractivity contribution in [3.05, 3.63) is 41.5 Å². The molecule has 1 aromatic carbocycles. The molecule has 1 heterocycles. The molecule has 0 unspecified atom stereocenters. The third kappa shape index (κ3) is 2.59. The molecule has 0 radical (unpaired) electrons. The molecule has 20 heavy (non-hydrogen) atoms. The third-order valence-electron chi connectivity index (χ3n) is 3.92. The predicted molar refractivity (Wildman–Crippen MR) is 82.0 cm³/mol. The first-order valence-corrected chi connectivity index (χ1v) is 7.19. The number of anilines is 1. The fourth-order valence-electron chi connectivity index (χ4n) is 2.95. The lowest BCUT2D eigenvalue weighted by atomic mass is 10.2. The zero-order valence-corrected chi connectivity index (χ0v) is 11.8. The molecule has 2 N–H and O–H groups in total. The number of hydrogen-bond donors (Lipinski definition) is 1. The fourth-order valence-corrected chi connectivity index (χ4v) is 2.95. The van der Waals surface area contributed by atoms with Crippen LogP contribution in [0.1, 0.15) is 48.9 Å². The van der Waals surface area contributed by atoms with Gasteiger partial charge in [-0.2, -0.15) is 0 Å². The van der Waals surface area contributed by atoms with Crippen LogP contribution in [0.4, 0.5) is 5.69 Å². The van der Waals surface area contributed by atoms with Crippen molar-refractivity contribution < 1.29 is 0 Å². The average Bonchev–Trinajstić information content (AvgIpc) is 3.05. The molecule has 3 rings (SSSR count). The number of aromatic nitrogens is 3. The van der Waals surface area contributed by atoms with Crippen LogP contribution in [0, 0.1) is 6.92 Å². The van der Waals surface area contributed by atoms with Crippen LogP contribution in [0.2, 0.25) is 0 Å². The van der Waals surface area contributed by atoms with Gasteiger partial charge in [0.2, 0.25) is 0 Å². The molecule has 104 valence electrons. The van der Waals surface area contributed by atoms with Gasteiger partial charge in [-0.1, -0.05) is 31.1 Å². The van der Waals surface area contributed by atoms with Crippen molar-refractivity contribution in [3.63, 3.8) is 0 Å². The molecule has 4 heteroatoms. The van der Waals surface area contributed by atoms with Gasteiger partial charge >= 0.3 is 0 Å². The van der Waals surface area contributed by atoms with Gasteiger partial charge < -0.3 is 10.3 Å². The van der Waals surface area contributed by atoms with Crippen LogP contribution < -0.4 is 5.73 Å². The Kier molecular flexibility index (Phi) is 3.54. The highest BCUT2D eigenvalue weighted by atomic mass is 15.3. The first kappa shape index (κ1) is 12.9. The maximum Gasteiger partial charge on any atom is 0.156 e. The van der Waals surface area contributed by atoms with Crippen molar-refractivity contribution in [2.75, 3.05) is 5.73 Å². The minimum Gasteiger partial charge on any atom is -0.399 e. The Morgan fingerprint density at radius 3 is 2.75 bits per heavy atom. The van der Waals surface area contributed by atoms with E-state index in [0.29, 0.717) is 6.04 Å². The van der Waals surface area contributed by atoms with E-state index in [1.807, 2.05) is 43.3 Å². The van der Waals surface area contributed by atoms with Crippen molar-refractivity contribution in [3.8, 4) is 0 Å². The number of rotatable bonds is 3.